The van der Waals surface area contributed by atoms with Gasteiger partial charge in [0.05, 0.1) is 23.8 Å². The molecule has 1 aliphatic rings. The third kappa shape index (κ3) is 4.86. The van der Waals surface area contributed by atoms with Crippen molar-refractivity contribution in [1.29, 1.82) is 0 Å². The van der Waals surface area contributed by atoms with E-state index in [1.807, 2.05) is 37.3 Å². The van der Waals surface area contributed by atoms with Gasteiger partial charge in [-0.3, -0.25) is 19.2 Å². The number of nitrogen functional groups attached to an aromatic ring is 1. The molecule has 3 heterocycles. The van der Waals surface area contributed by atoms with Gasteiger partial charge in [0.1, 0.15) is 11.9 Å². The number of pyridine rings is 1. The van der Waals surface area contributed by atoms with Gasteiger partial charge in [0.25, 0.3) is 5.91 Å². The first kappa shape index (κ1) is 23.9. The zero-order chi connectivity index (χ0) is 25.1. The molecule has 0 spiro atoms. The van der Waals surface area contributed by atoms with Gasteiger partial charge in [-0.1, -0.05) is 37.3 Å². The molecule has 0 saturated carbocycles. The van der Waals surface area contributed by atoms with Crippen LogP contribution in [0.15, 0.2) is 61.1 Å². The Balaban J connectivity index is 1.59. The summed E-state index contributed by atoms with van der Waals surface area (Å²) >= 11 is 0. The topological polar surface area (TPSA) is 126 Å². The first-order valence-corrected chi connectivity index (χ1v) is 11.4. The summed E-state index contributed by atoms with van der Waals surface area (Å²) in [6.45, 7) is 1.95. The minimum Gasteiger partial charge on any atom is -0.384 e. The van der Waals surface area contributed by atoms with E-state index in [4.69, 9.17) is 5.73 Å². The Kier molecular flexibility index (Phi) is 6.81. The Hall–Kier alpha value is -4.21. The zero-order valence-electron chi connectivity index (χ0n) is 20.0. The van der Waals surface area contributed by atoms with E-state index in [9.17, 15) is 14.4 Å². The minimum absolute atomic E-state index is 0.266. The van der Waals surface area contributed by atoms with Gasteiger partial charge in [0, 0.05) is 26.5 Å². The normalized spacial score (nSPS) is 18.0. The summed E-state index contributed by atoms with van der Waals surface area (Å²) in [6, 6.07) is 11.1. The largest absolute Gasteiger partial charge is 0.384 e. The van der Waals surface area contributed by atoms with E-state index in [0.717, 1.165) is 16.0 Å². The van der Waals surface area contributed by atoms with Crippen LogP contribution in [0.5, 0.6) is 0 Å². The number of carbonyl (C=O) groups excluding carboxylic acids is 3. The maximum absolute atomic E-state index is 13.6. The molecule has 10 nitrogen and oxygen atoms in total. The van der Waals surface area contributed by atoms with Gasteiger partial charge in [-0.15, -0.1) is 0 Å². The van der Waals surface area contributed by atoms with Gasteiger partial charge in [0.15, 0.2) is 0 Å². The van der Waals surface area contributed by atoms with Crippen LogP contribution in [0.4, 0.5) is 16.3 Å². The van der Waals surface area contributed by atoms with Crippen LogP contribution < -0.4 is 16.0 Å². The number of urea groups is 1. The number of imide groups is 1. The molecule has 3 atom stereocenters. The van der Waals surface area contributed by atoms with Crippen molar-refractivity contribution in [3.8, 4) is 0 Å². The van der Waals surface area contributed by atoms with E-state index < -0.39 is 23.9 Å². The molecule has 4 amide bonds. The van der Waals surface area contributed by atoms with Crippen molar-refractivity contribution < 1.29 is 14.4 Å². The van der Waals surface area contributed by atoms with Gasteiger partial charge in [-0.2, -0.15) is 5.10 Å². The molecule has 0 aliphatic carbocycles. The lowest BCUT2D eigenvalue weighted by Gasteiger charge is -2.46. The van der Waals surface area contributed by atoms with Crippen LogP contribution in [-0.4, -0.2) is 50.6 Å². The number of hydrogen-bond donors (Lipinski definition) is 2. The highest BCUT2D eigenvalue weighted by Crippen LogP contribution is 2.33. The minimum atomic E-state index is -0.963. The third-order valence-corrected chi connectivity index (χ3v) is 6.30. The molecule has 2 aromatic heterocycles. The smallest absolute Gasteiger partial charge is 0.325 e. The van der Waals surface area contributed by atoms with E-state index in [1.165, 1.54) is 4.90 Å². The monoisotopic (exact) mass is 475 g/mol. The zero-order valence-corrected chi connectivity index (χ0v) is 20.0. The number of aryl methyl sites for hydroxylation is 1. The summed E-state index contributed by atoms with van der Waals surface area (Å²) < 4.78 is 1.58. The highest BCUT2D eigenvalue weighted by molar-refractivity contribution is 6.12. The SMILES string of the molecule is CC[C@@H](NC(=O)N1C(=O)C(Cc2ccnc(N)c2)[C@H]1C(=O)N(C)c1cnn(C)c1)c1ccccc1. The second kappa shape index (κ2) is 9.96. The summed E-state index contributed by atoms with van der Waals surface area (Å²) in [5.74, 6) is -1.15. The highest BCUT2D eigenvalue weighted by Gasteiger charge is 2.55. The number of nitrogens with one attached hydrogen (secondary N) is 1. The third-order valence-electron chi connectivity index (χ3n) is 6.30. The molecule has 1 unspecified atom stereocenters. The lowest BCUT2D eigenvalue weighted by molar-refractivity contribution is -0.156. The van der Waals surface area contributed by atoms with Gasteiger partial charge < -0.3 is 16.0 Å². The van der Waals surface area contributed by atoms with Crippen LogP contribution in [0.3, 0.4) is 0 Å². The standard InChI is InChI=1S/C25H29N7O3/c1-4-20(17-8-6-5-7-9-17)29-25(35)32-22(24(34)31(3)18-14-28-30(2)15-18)19(23(32)33)12-16-10-11-27-21(26)13-16/h5-11,13-15,19-20,22H,4,12H2,1-3H3,(H2,26,27)(H,29,35)/t19?,20-,22+/m1/s1. The number of benzene rings is 1. The Morgan fingerprint density at radius 3 is 2.60 bits per heavy atom. The number of hydrogen-bond acceptors (Lipinski definition) is 6. The van der Waals surface area contributed by atoms with Crippen molar-refractivity contribution >= 4 is 29.4 Å². The first-order chi connectivity index (χ1) is 16.8. The van der Waals surface area contributed by atoms with Crippen molar-refractivity contribution in [2.75, 3.05) is 17.7 Å². The molecule has 35 heavy (non-hydrogen) atoms. The summed E-state index contributed by atoms with van der Waals surface area (Å²) in [4.78, 5) is 46.5. The van der Waals surface area contributed by atoms with Crippen molar-refractivity contribution in [2.45, 2.75) is 31.8 Å². The number of carbonyl (C=O) groups is 3. The summed E-state index contributed by atoms with van der Waals surface area (Å²) in [5, 5.41) is 7.04. The van der Waals surface area contributed by atoms with Crippen LogP contribution in [0, 0.1) is 5.92 Å². The molecule has 3 N–H and O–H groups in total. The fraction of sp³-hybridized carbons (Fsp3) is 0.320. The average Bonchev–Trinajstić information content (AvgIpc) is 3.29. The van der Waals surface area contributed by atoms with Gasteiger partial charge in [0.2, 0.25) is 5.91 Å². The Morgan fingerprint density at radius 2 is 1.97 bits per heavy atom. The van der Waals surface area contributed by atoms with Crippen molar-refractivity contribution in [2.24, 2.45) is 13.0 Å². The summed E-state index contributed by atoms with van der Waals surface area (Å²) in [6.07, 6.45) is 5.71. The van der Waals surface area contributed by atoms with Crippen LogP contribution in [-0.2, 0) is 23.1 Å². The molecular formula is C25H29N7O3. The number of aromatic nitrogens is 3. The molecule has 0 radical (unpaired) electrons. The van der Waals surface area contributed by atoms with Gasteiger partial charge in [-0.05, 0) is 36.1 Å². The number of amides is 4. The van der Waals surface area contributed by atoms with E-state index >= 15 is 0 Å². The molecule has 1 aromatic carbocycles. The molecule has 3 aromatic rings. The Bertz CT molecular complexity index is 1230. The van der Waals surface area contributed by atoms with Crippen molar-refractivity contribution in [3.63, 3.8) is 0 Å². The molecule has 182 valence electrons. The molecule has 1 fully saturated rings. The molecular weight excluding hydrogens is 446 g/mol. The lowest BCUT2D eigenvalue weighted by atomic mass is 9.81. The quantitative estimate of drug-likeness (QED) is 0.505. The number of likely N-dealkylation sites (tertiary alicyclic amines) is 1. The van der Waals surface area contributed by atoms with Gasteiger partial charge >= 0.3 is 6.03 Å². The first-order valence-electron chi connectivity index (χ1n) is 11.4. The fourth-order valence-electron chi connectivity index (χ4n) is 4.36. The van der Waals surface area contributed by atoms with Crippen molar-refractivity contribution in [3.05, 3.63) is 72.2 Å². The van der Waals surface area contributed by atoms with Crippen LogP contribution in [0.1, 0.15) is 30.5 Å². The number of β-lactam (4-membered cyclic amide) rings is 1. The van der Waals surface area contributed by atoms with E-state index in [2.05, 4.69) is 15.4 Å². The van der Waals surface area contributed by atoms with Crippen LogP contribution in [0.25, 0.3) is 0 Å². The van der Waals surface area contributed by atoms with Gasteiger partial charge in [-0.25, -0.2) is 9.78 Å². The van der Waals surface area contributed by atoms with E-state index in [1.54, 1.807) is 49.5 Å². The Labute approximate surface area is 203 Å². The molecule has 4 rings (SSSR count). The van der Waals surface area contributed by atoms with Crippen LogP contribution >= 0.6 is 0 Å². The maximum Gasteiger partial charge on any atom is 0.325 e. The summed E-state index contributed by atoms with van der Waals surface area (Å²) in [7, 11) is 3.36. The molecule has 1 aliphatic heterocycles. The second-order valence-electron chi connectivity index (χ2n) is 8.64. The predicted octanol–water partition coefficient (Wildman–Crippen LogP) is 2.29. The van der Waals surface area contributed by atoms with E-state index in [0.29, 0.717) is 17.9 Å². The summed E-state index contributed by atoms with van der Waals surface area (Å²) in [5.41, 5.74) is 8.06. The highest BCUT2D eigenvalue weighted by atomic mass is 16.2. The van der Waals surface area contributed by atoms with E-state index in [-0.39, 0.29) is 18.4 Å². The fourth-order valence-corrected chi connectivity index (χ4v) is 4.36. The number of nitrogens with zero attached hydrogens (tertiary/aromatic N) is 5. The molecule has 0 bridgehead atoms. The predicted molar refractivity (Wildman–Crippen MR) is 131 cm³/mol. The number of likely N-dealkylation sites (N-methyl/N-ethyl adjacent to an activating group) is 1. The second-order valence-corrected chi connectivity index (χ2v) is 8.64. The Morgan fingerprint density at radius 1 is 1.23 bits per heavy atom. The number of nitrogens with two attached hydrogens (primary N) is 1. The van der Waals surface area contributed by atoms with Crippen molar-refractivity contribution in [1.82, 2.24) is 25.0 Å². The number of rotatable bonds is 7. The number of anilines is 2. The average molecular weight is 476 g/mol. The molecule has 1 saturated heterocycles. The molecule has 10 heteroatoms. The lowest BCUT2D eigenvalue weighted by Crippen LogP contribution is -2.70. The maximum atomic E-state index is 13.6. The van der Waals surface area contributed by atoms with Crippen LogP contribution in [0.2, 0.25) is 0 Å².